The molecule has 0 aromatic heterocycles. The predicted octanol–water partition coefficient (Wildman–Crippen LogP) is 4.29. The molecule has 2 nitrogen and oxygen atoms in total. The van der Waals surface area contributed by atoms with Gasteiger partial charge in [0.15, 0.2) is 0 Å². The molecule has 1 rings (SSSR count). The van der Waals surface area contributed by atoms with Crippen LogP contribution in [0.2, 0.25) is 0 Å². The maximum atomic E-state index is 5.83. The summed E-state index contributed by atoms with van der Waals surface area (Å²) in [6, 6.07) is 8.56. The summed E-state index contributed by atoms with van der Waals surface area (Å²) >= 11 is 0. The number of ether oxygens (including phenoxy) is 1. The van der Waals surface area contributed by atoms with Crippen molar-refractivity contribution in [2.75, 3.05) is 19.7 Å². The van der Waals surface area contributed by atoms with E-state index in [9.17, 15) is 0 Å². The lowest BCUT2D eigenvalue weighted by Crippen LogP contribution is -2.84. The van der Waals surface area contributed by atoms with E-state index < -0.39 is 0 Å². The molecule has 2 heteroatoms. The molecule has 0 aliphatic rings. The van der Waals surface area contributed by atoms with E-state index in [0.717, 1.165) is 18.8 Å². The average molecular weight is 307 g/mol. The summed E-state index contributed by atoms with van der Waals surface area (Å²) in [6.45, 7) is 12.4. The Hall–Kier alpha value is -1.02. The van der Waals surface area contributed by atoms with Crippen LogP contribution in [-0.2, 0) is 5.41 Å². The van der Waals surface area contributed by atoms with Crippen LogP contribution in [-0.4, -0.2) is 19.7 Å². The molecule has 126 valence electrons. The summed E-state index contributed by atoms with van der Waals surface area (Å²) in [7, 11) is 0. The Balaban J connectivity index is 2.03. The van der Waals surface area contributed by atoms with Gasteiger partial charge in [0, 0.05) is 0 Å². The predicted molar refractivity (Wildman–Crippen MR) is 95.7 cm³/mol. The van der Waals surface area contributed by atoms with Gasteiger partial charge in [-0.3, -0.25) is 0 Å². The van der Waals surface area contributed by atoms with Gasteiger partial charge in [0.05, 0.1) is 19.7 Å². The first kappa shape index (κ1) is 19.0. The Morgan fingerprint density at radius 2 is 1.50 bits per heavy atom. The zero-order chi connectivity index (χ0) is 16.3. The lowest BCUT2D eigenvalue weighted by Gasteiger charge is -2.19. The molecule has 0 saturated heterocycles. The quantitative estimate of drug-likeness (QED) is 0.606. The van der Waals surface area contributed by atoms with Crippen LogP contribution in [0.25, 0.3) is 0 Å². The Labute approximate surface area is 137 Å². The lowest BCUT2D eigenvalue weighted by molar-refractivity contribution is -0.655. The normalized spacial score (nSPS) is 11.6. The van der Waals surface area contributed by atoms with Crippen LogP contribution in [0.1, 0.15) is 71.8 Å². The van der Waals surface area contributed by atoms with Crippen LogP contribution < -0.4 is 10.1 Å². The van der Waals surface area contributed by atoms with Gasteiger partial charge in [-0.2, -0.15) is 0 Å². The van der Waals surface area contributed by atoms with Crippen molar-refractivity contribution < 1.29 is 10.1 Å². The van der Waals surface area contributed by atoms with Crippen LogP contribution in [0.4, 0.5) is 0 Å². The second-order valence-electron chi connectivity index (χ2n) is 7.26. The number of nitrogens with two attached hydrogens (primary N) is 1. The van der Waals surface area contributed by atoms with Gasteiger partial charge in [0.1, 0.15) is 5.75 Å². The average Bonchev–Trinajstić information content (AvgIpc) is 2.49. The second-order valence-corrected chi connectivity index (χ2v) is 7.26. The molecule has 0 aliphatic carbocycles. The molecule has 0 atom stereocenters. The number of quaternary nitrogens is 1. The Morgan fingerprint density at radius 3 is 2.14 bits per heavy atom. The lowest BCUT2D eigenvalue weighted by atomic mass is 9.87. The van der Waals surface area contributed by atoms with Crippen LogP contribution in [0, 0.1) is 0 Å². The summed E-state index contributed by atoms with van der Waals surface area (Å²) in [5.74, 6) is 1.00. The van der Waals surface area contributed by atoms with Gasteiger partial charge in [0.2, 0.25) is 0 Å². The molecule has 0 radical (unpaired) electrons. The van der Waals surface area contributed by atoms with E-state index in [2.05, 4.69) is 57.3 Å². The Morgan fingerprint density at radius 1 is 0.864 bits per heavy atom. The summed E-state index contributed by atoms with van der Waals surface area (Å²) in [5.41, 5.74) is 1.58. The molecule has 1 aromatic rings. The standard InChI is InChI=1S/C20H35NO/c1-5-6-15-21-16-9-7-8-10-17-22-19-13-11-18(12-14-19)20(2,3)4/h11-14,21H,5-10,15-17H2,1-4H3/p+1. The second kappa shape index (κ2) is 10.7. The highest BCUT2D eigenvalue weighted by Crippen LogP contribution is 2.24. The van der Waals surface area contributed by atoms with E-state index in [1.54, 1.807) is 0 Å². The molecule has 2 N–H and O–H groups in total. The Bertz CT molecular complexity index is 378. The van der Waals surface area contributed by atoms with Crippen molar-refractivity contribution in [1.29, 1.82) is 0 Å². The van der Waals surface area contributed by atoms with Crippen molar-refractivity contribution >= 4 is 0 Å². The molecule has 0 spiro atoms. The maximum absolute atomic E-state index is 5.83. The third-order valence-corrected chi connectivity index (χ3v) is 4.05. The number of hydrogen-bond acceptors (Lipinski definition) is 1. The maximum Gasteiger partial charge on any atom is 0.119 e. The van der Waals surface area contributed by atoms with Crippen molar-refractivity contribution in [2.24, 2.45) is 0 Å². The van der Waals surface area contributed by atoms with Gasteiger partial charge in [-0.05, 0) is 55.2 Å². The molecule has 0 saturated carbocycles. The topological polar surface area (TPSA) is 25.8 Å². The highest BCUT2D eigenvalue weighted by molar-refractivity contribution is 5.31. The van der Waals surface area contributed by atoms with E-state index in [0.29, 0.717) is 0 Å². The molecular weight excluding hydrogens is 270 g/mol. The number of hydrogen-bond donors (Lipinski definition) is 1. The number of benzene rings is 1. The number of rotatable bonds is 11. The Kier molecular flexibility index (Phi) is 9.22. The minimum Gasteiger partial charge on any atom is -0.494 e. The summed E-state index contributed by atoms with van der Waals surface area (Å²) in [6.07, 6.45) is 7.77. The fourth-order valence-corrected chi connectivity index (χ4v) is 2.48. The van der Waals surface area contributed by atoms with Gasteiger partial charge >= 0.3 is 0 Å². The van der Waals surface area contributed by atoms with E-state index in [1.165, 1.54) is 50.8 Å². The van der Waals surface area contributed by atoms with E-state index in [1.807, 2.05) is 0 Å². The highest BCUT2D eigenvalue weighted by atomic mass is 16.5. The smallest absolute Gasteiger partial charge is 0.119 e. The third kappa shape index (κ3) is 8.43. The van der Waals surface area contributed by atoms with Gasteiger partial charge in [-0.1, -0.05) is 46.2 Å². The molecular formula is C20H36NO+. The molecule has 0 heterocycles. The molecule has 22 heavy (non-hydrogen) atoms. The first-order chi connectivity index (χ1) is 10.5. The number of unbranched alkanes of at least 4 members (excludes halogenated alkanes) is 4. The van der Waals surface area contributed by atoms with Crippen molar-refractivity contribution in [1.82, 2.24) is 0 Å². The van der Waals surface area contributed by atoms with E-state index in [4.69, 9.17) is 4.74 Å². The van der Waals surface area contributed by atoms with Gasteiger partial charge in [-0.25, -0.2) is 0 Å². The van der Waals surface area contributed by atoms with Crippen LogP contribution >= 0.6 is 0 Å². The van der Waals surface area contributed by atoms with E-state index in [-0.39, 0.29) is 5.41 Å². The van der Waals surface area contributed by atoms with Crippen molar-refractivity contribution in [3.63, 3.8) is 0 Å². The van der Waals surface area contributed by atoms with Crippen LogP contribution in [0.5, 0.6) is 5.75 Å². The van der Waals surface area contributed by atoms with Crippen LogP contribution in [0.15, 0.2) is 24.3 Å². The summed E-state index contributed by atoms with van der Waals surface area (Å²) < 4.78 is 5.83. The molecule has 0 amide bonds. The van der Waals surface area contributed by atoms with Gasteiger partial charge in [-0.15, -0.1) is 0 Å². The zero-order valence-corrected chi connectivity index (χ0v) is 15.2. The minimum absolute atomic E-state index is 0.215. The fraction of sp³-hybridized carbons (Fsp3) is 0.700. The van der Waals surface area contributed by atoms with Gasteiger partial charge < -0.3 is 10.1 Å². The molecule has 0 bridgehead atoms. The molecule has 0 unspecified atom stereocenters. The SMILES string of the molecule is CCCC[NH2+]CCCCCCOc1ccc(C(C)(C)C)cc1. The summed E-state index contributed by atoms with van der Waals surface area (Å²) in [5, 5.41) is 2.46. The first-order valence-corrected chi connectivity index (χ1v) is 9.09. The fourth-order valence-electron chi connectivity index (χ4n) is 2.48. The molecule has 1 aromatic carbocycles. The molecule has 0 aliphatic heterocycles. The monoisotopic (exact) mass is 306 g/mol. The zero-order valence-electron chi connectivity index (χ0n) is 15.2. The van der Waals surface area contributed by atoms with Crippen LogP contribution in [0.3, 0.4) is 0 Å². The highest BCUT2D eigenvalue weighted by Gasteiger charge is 2.12. The minimum atomic E-state index is 0.215. The van der Waals surface area contributed by atoms with Crippen molar-refractivity contribution in [3.05, 3.63) is 29.8 Å². The van der Waals surface area contributed by atoms with Gasteiger partial charge in [0.25, 0.3) is 0 Å². The van der Waals surface area contributed by atoms with Crippen molar-refractivity contribution in [3.8, 4) is 5.75 Å². The molecule has 0 fully saturated rings. The first-order valence-electron chi connectivity index (χ1n) is 9.09. The van der Waals surface area contributed by atoms with Crippen molar-refractivity contribution in [2.45, 2.75) is 71.6 Å². The largest absolute Gasteiger partial charge is 0.494 e. The summed E-state index contributed by atoms with van der Waals surface area (Å²) in [4.78, 5) is 0. The third-order valence-electron chi connectivity index (χ3n) is 4.05. The van der Waals surface area contributed by atoms with E-state index >= 15 is 0 Å².